The van der Waals surface area contributed by atoms with Crippen LogP contribution >= 0.6 is 0 Å². The number of hydrogen-bond acceptors (Lipinski definition) is 2. The van der Waals surface area contributed by atoms with E-state index in [1.165, 1.54) is 81.4 Å². The Morgan fingerprint density at radius 1 is 1.10 bits per heavy atom. The number of hydrogen-bond donors (Lipinski definition) is 1. The lowest BCUT2D eigenvalue weighted by Crippen LogP contribution is -2.39. The van der Waals surface area contributed by atoms with Crippen LogP contribution in [0.15, 0.2) is 18.2 Å². The van der Waals surface area contributed by atoms with Crippen LogP contribution in [0.2, 0.25) is 0 Å². The van der Waals surface area contributed by atoms with E-state index >= 15 is 0 Å². The van der Waals surface area contributed by atoms with Crippen LogP contribution in [0, 0.1) is 5.41 Å². The van der Waals surface area contributed by atoms with Crippen molar-refractivity contribution in [2.24, 2.45) is 5.41 Å². The number of anilines is 2. The monoisotopic (exact) mass is 284 g/mol. The first-order chi connectivity index (χ1) is 10.2. The van der Waals surface area contributed by atoms with Crippen molar-refractivity contribution in [2.45, 2.75) is 64.3 Å². The molecule has 1 aromatic rings. The molecule has 21 heavy (non-hydrogen) atoms. The Balaban J connectivity index is 1.48. The van der Waals surface area contributed by atoms with E-state index in [-0.39, 0.29) is 0 Å². The number of aryl methyl sites for hydroxylation is 1. The van der Waals surface area contributed by atoms with Crippen molar-refractivity contribution >= 4 is 11.4 Å². The summed E-state index contributed by atoms with van der Waals surface area (Å²) in [7, 11) is 0. The van der Waals surface area contributed by atoms with Crippen LogP contribution in [-0.2, 0) is 6.42 Å². The fourth-order valence-corrected chi connectivity index (χ4v) is 4.70. The summed E-state index contributed by atoms with van der Waals surface area (Å²) >= 11 is 0. The first kappa shape index (κ1) is 13.5. The normalized spacial score (nSPS) is 27.5. The van der Waals surface area contributed by atoms with Gasteiger partial charge in [0.1, 0.15) is 0 Å². The molecule has 2 nitrogen and oxygen atoms in total. The zero-order valence-electron chi connectivity index (χ0n) is 13.3. The molecule has 2 aliphatic heterocycles. The van der Waals surface area contributed by atoms with Gasteiger partial charge < -0.3 is 10.2 Å². The van der Waals surface area contributed by atoms with Crippen LogP contribution < -0.4 is 10.2 Å². The molecule has 1 unspecified atom stereocenters. The zero-order chi connectivity index (χ0) is 14.3. The van der Waals surface area contributed by atoms with E-state index in [1.54, 1.807) is 0 Å². The van der Waals surface area contributed by atoms with E-state index in [0.29, 0.717) is 6.04 Å². The number of benzene rings is 1. The first-order valence-corrected chi connectivity index (χ1v) is 8.89. The lowest BCUT2D eigenvalue weighted by molar-refractivity contribution is 0.226. The van der Waals surface area contributed by atoms with E-state index in [0.717, 1.165) is 5.41 Å². The molecule has 2 heterocycles. The summed E-state index contributed by atoms with van der Waals surface area (Å²) in [6.07, 6.45) is 11.3. The molecule has 1 spiro atoms. The molecule has 0 aromatic heterocycles. The smallest absolute Gasteiger partial charge is 0.0376 e. The van der Waals surface area contributed by atoms with E-state index in [4.69, 9.17) is 0 Å². The molecule has 0 bridgehead atoms. The molecule has 1 aromatic carbocycles. The second kappa shape index (κ2) is 5.23. The number of nitrogens with zero attached hydrogens (tertiary/aromatic N) is 1. The van der Waals surface area contributed by atoms with Crippen molar-refractivity contribution in [3.05, 3.63) is 23.8 Å². The van der Waals surface area contributed by atoms with Crippen LogP contribution in [0.3, 0.4) is 0 Å². The van der Waals surface area contributed by atoms with Crippen LogP contribution in [0.5, 0.6) is 0 Å². The average molecular weight is 284 g/mol. The highest BCUT2D eigenvalue weighted by Gasteiger charge is 2.36. The van der Waals surface area contributed by atoms with E-state index < -0.39 is 0 Å². The third kappa shape index (κ3) is 2.54. The molecule has 4 rings (SSSR count). The highest BCUT2D eigenvalue weighted by molar-refractivity contribution is 5.62. The molecule has 2 fully saturated rings. The predicted molar refractivity (Wildman–Crippen MR) is 90.2 cm³/mol. The SMILES string of the molecule is CC1CCc2cc(N3CCC4(CCCC4)CC3)ccc2N1. The highest BCUT2D eigenvalue weighted by Crippen LogP contribution is 2.46. The molecule has 1 N–H and O–H groups in total. The van der Waals surface area contributed by atoms with Gasteiger partial charge in [0.25, 0.3) is 0 Å². The largest absolute Gasteiger partial charge is 0.382 e. The van der Waals surface area contributed by atoms with Gasteiger partial charge in [0.15, 0.2) is 0 Å². The van der Waals surface area contributed by atoms with E-state index in [2.05, 4.69) is 35.3 Å². The summed E-state index contributed by atoms with van der Waals surface area (Å²) in [5.74, 6) is 0. The van der Waals surface area contributed by atoms with Crippen molar-refractivity contribution in [1.82, 2.24) is 0 Å². The summed E-state index contributed by atoms with van der Waals surface area (Å²) in [6.45, 7) is 4.81. The summed E-state index contributed by atoms with van der Waals surface area (Å²) in [6, 6.07) is 7.71. The van der Waals surface area contributed by atoms with Gasteiger partial charge in [-0.1, -0.05) is 12.8 Å². The molecular weight excluding hydrogens is 256 g/mol. The second-order valence-electron chi connectivity index (χ2n) is 7.62. The van der Waals surface area contributed by atoms with Gasteiger partial charge in [0, 0.05) is 30.5 Å². The molecular formula is C19H28N2. The van der Waals surface area contributed by atoms with Gasteiger partial charge in [-0.3, -0.25) is 0 Å². The Bertz CT molecular complexity index is 506. The molecule has 0 amide bonds. The lowest BCUT2D eigenvalue weighted by atomic mass is 9.77. The van der Waals surface area contributed by atoms with Crippen LogP contribution in [0.4, 0.5) is 11.4 Å². The second-order valence-corrected chi connectivity index (χ2v) is 7.62. The minimum atomic E-state index is 0.626. The van der Waals surface area contributed by atoms with Gasteiger partial charge in [-0.15, -0.1) is 0 Å². The molecule has 1 saturated carbocycles. The fourth-order valence-electron chi connectivity index (χ4n) is 4.70. The van der Waals surface area contributed by atoms with Crippen molar-refractivity contribution in [2.75, 3.05) is 23.3 Å². The van der Waals surface area contributed by atoms with Gasteiger partial charge in [0.05, 0.1) is 0 Å². The summed E-state index contributed by atoms with van der Waals surface area (Å²) in [5.41, 5.74) is 5.06. The average Bonchev–Trinajstić information content (AvgIpc) is 2.96. The predicted octanol–water partition coefficient (Wildman–Crippen LogP) is 4.59. The standard InChI is InChI=1S/C19H28N2/c1-15-4-5-16-14-17(6-7-18(16)20-15)21-12-10-19(11-13-21)8-2-3-9-19/h6-7,14-15,20H,2-5,8-13H2,1H3. The summed E-state index contributed by atoms with van der Waals surface area (Å²) in [4.78, 5) is 2.63. The lowest BCUT2D eigenvalue weighted by Gasteiger charge is -2.41. The molecule has 0 radical (unpaired) electrons. The Kier molecular flexibility index (Phi) is 3.35. The van der Waals surface area contributed by atoms with Gasteiger partial charge >= 0.3 is 0 Å². The van der Waals surface area contributed by atoms with Gasteiger partial charge in [-0.25, -0.2) is 0 Å². The van der Waals surface area contributed by atoms with Crippen LogP contribution in [0.25, 0.3) is 0 Å². The minimum absolute atomic E-state index is 0.626. The van der Waals surface area contributed by atoms with Crippen molar-refractivity contribution in [1.29, 1.82) is 0 Å². The van der Waals surface area contributed by atoms with Crippen molar-refractivity contribution in [3.8, 4) is 0 Å². The minimum Gasteiger partial charge on any atom is -0.382 e. The maximum atomic E-state index is 3.61. The van der Waals surface area contributed by atoms with Gasteiger partial charge in [-0.05, 0) is 74.6 Å². The van der Waals surface area contributed by atoms with Crippen molar-refractivity contribution in [3.63, 3.8) is 0 Å². The molecule has 1 aliphatic carbocycles. The maximum absolute atomic E-state index is 3.61. The molecule has 2 heteroatoms. The summed E-state index contributed by atoms with van der Waals surface area (Å²) in [5, 5.41) is 3.61. The number of piperidine rings is 1. The first-order valence-electron chi connectivity index (χ1n) is 8.89. The van der Waals surface area contributed by atoms with E-state index in [1.807, 2.05) is 0 Å². The Morgan fingerprint density at radius 3 is 2.62 bits per heavy atom. The number of fused-ring (bicyclic) bond motifs is 1. The number of rotatable bonds is 1. The third-order valence-corrected chi connectivity index (χ3v) is 6.19. The fraction of sp³-hybridized carbons (Fsp3) is 0.684. The Labute approximate surface area is 128 Å². The van der Waals surface area contributed by atoms with Crippen LogP contribution in [0.1, 0.15) is 57.4 Å². The quantitative estimate of drug-likeness (QED) is 0.811. The Hall–Kier alpha value is -1.18. The highest BCUT2D eigenvalue weighted by atomic mass is 15.1. The molecule has 114 valence electrons. The third-order valence-electron chi connectivity index (χ3n) is 6.19. The Morgan fingerprint density at radius 2 is 1.86 bits per heavy atom. The van der Waals surface area contributed by atoms with Crippen molar-refractivity contribution < 1.29 is 0 Å². The topological polar surface area (TPSA) is 15.3 Å². The van der Waals surface area contributed by atoms with E-state index in [9.17, 15) is 0 Å². The molecule has 3 aliphatic rings. The number of nitrogens with one attached hydrogen (secondary N) is 1. The maximum Gasteiger partial charge on any atom is 0.0376 e. The van der Waals surface area contributed by atoms with Gasteiger partial charge in [-0.2, -0.15) is 0 Å². The molecule has 1 atom stereocenters. The van der Waals surface area contributed by atoms with Crippen LogP contribution in [-0.4, -0.2) is 19.1 Å². The summed E-state index contributed by atoms with van der Waals surface area (Å²) < 4.78 is 0. The zero-order valence-corrected chi connectivity index (χ0v) is 13.3. The van der Waals surface area contributed by atoms with Gasteiger partial charge in [0.2, 0.25) is 0 Å². The molecule has 1 saturated heterocycles.